The zero-order chi connectivity index (χ0) is 15.3. The van der Waals surface area contributed by atoms with Gasteiger partial charge < -0.3 is 15.0 Å². The van der Waals surface area contributed by atoms with Gasteiger partial charge in [0.15, 0.2) is 0 Å². The molecule has 0 amide bonds. The van der Waals surface area contributed by atoms with Gasteiger partial charge >= 0.3 is 0 Å². The third-order valence-electron chi connectivity index (χ3n) is 3.81. The van der Waals surface area contributed by atoms with Crippen LogP contribution in [0.1, 0.15) is 39.3 Å². The highest BCUT2D eigenvalue weighted by atomic mass is 16.5. The highest BCUT2D eigenvalue weighted by molar-refractivity contribution is 5.36. The highest BCUT2D eigenvalue weighted by Gasteiger charge is 2.20. The normalized spacial score (nSPS) is 17.2. The summed E-state index contributed by atoms with van der Waals surface area (Å²) in [5.41, 5.74) is 1.09. The Morgan fingerprint density at radius 2 is 2.00 bits per heavy atom. The van der Waals surface area contributed by atoms with Gasteiger partial charge in [-0.25, -0.2) is 4.98 Å². The molecule has 0 bridgehead atoms. The second-order valence-electron chi connectivity index (χ2n) is 6.86. The number of piperidine rings is 1. The van der Waals surface area contributed by atoms with Crippen molar-refractivity contribution in [2.45, 2.75) is 45.7 Å². The molecule has 1 aliphatic heterocycles. The van der Waals surface area contributed by atoms with Crippen molar-refractivity contribution in [1.82, 2.24) is 15.3 Å². The number of aromatic nitrogens is 2. The van der Waals surface area contributed by atoms with Crippen LogP contribution >= 0.6 is 0 Å². The Morgan fingerprint density at radius 1 is 1.29 bits per heavy atom. The molecule has 0 aliphatic carbocycles. The summed E-state index contributed by atoms with van der Waals surface area (Å²) >= 11 is 0. The maximum atomic E-state index is 5.25. The number of nitrogens with zero attached hydrogens (tertiary/aromatic N) is 3. The Bertz CT molecular complexity index is 436. The number of hydrogen-bond donors (Lipinski definition) is 1. The molecule has 0 aromatic carbocycles. The second kappa shape index (κ2) is 7.18. The van der Waals surface area contributed by atoms with Gasteiger partial charge in [-0.3, -0.25) is 4.98 Å². The first kappa shape index (κ1) is 16.2. The predicted molar refractivity (Wildman–Crippen MR) is 85.4 cm³/mol. The lowest BCUT2D eigenvalue weighted by molar-refractivity contribution is 0.139. The van der Waals surface area contributed by atoms with Crippen LogP contribution in [0.5, 0.6) is 0 Å². The molecule has 2 rings (SSSR count). The van der Waals surface area contributed by atoms with E-state index >= 15 is 0 Å². The molecule has 118 valence electrons. The van der Waals surface area contributed by atoms with Crippen LogP contribution < -0.4 is 10.2 Å². The lowest BCUT2D eigenvalue weighted by atomic mass is 9.98. The van der Waals surface area contributed by atoms with Crippen molar-refractivity contribution in [3.8, 4) is 0 Å². The Kier molecular flexibility index (Phi) is 5.53. The molecule has 21 heavy (non-hydrogen) atoms. The molecule has 1 saturated heterocycles. The summed E-state index contributed by atoms with van der Waals surface area (Å²) in [7, 11) is 1.78. The van der Waals surface area contributed by atoms with Crippen LogP contribution in [0.2, 0.25) is 0 Å². The second-order valence-corrected chi connectivity index (χ2v) is 6.86. The van der Waals surface area contributed by atoms with Gasteiger partial charge in [-0.05, 0) is 39.5 Å². The largest absolute Gasteiger partial charge is 0.384 e. The number of methoxy groups -OCH3 is 1. The molecule has 1 fully saturated rings. The van der Waals surface area contributed by atoms with E-state index < -0.39 is 0 Å². The summed E-state index contributed by atoms with van der Waals surface area (Å²) in [4.78, 5) is 11.4. The highest BCUT2D eigenvalue weighted by Crippen LogP contribution is 2.21. The molecular weight excluding hydrogens is 264 g/mol. The van der Waals surface area contributed by atoms with Gasteiger partial charge in [0, 0.05) is 45.1 Å². The standard InChI is InChI=1S/C16H28N4O/c1-16(2,3)18-10-14-9-17-11-15(19-14)20-7-5-13(6-8-20)12-21-4/h9,11,13,18H,5-8,10,12H2,1-4H3. The topological polar surface area (TPSA) is 50.3 Å². The van der Waals surface area contributed by atoms with Crippen molar-refractivity contribution in [2.24, 2.45) is 5.92 Å². The van der Waals surface area contributed by atoms with Crippen molar-refractivity contribution in [1.29, 1.82) is 0 Å². The Morgan fingerprint density at radius 3 is 2.62 bits per heavy atom. The Labute approximate surface area is 128 Å². The summed E-state index contributed by atoms with van der Waals surface area (Å²) in [5, 5.41) is 3.45. The van der Waals surface area contributed by atoms with Crippen LogP contribution in [0.15, 0.2) is 12.4 Å². The molecule has 1 aliphatic rings. The third-order valence-corrected chi connectivity index (χ3v) is 3.81. The van der Waals surface area contributed by atoms with Gasteiger partial charge in [0.2, 0.25) is 0 Å². The van der Waals surface area contributed by atoms with Crippen LogP contribution in [-0.4, -0.2) is 42.3 Å². The van der Waals surface area contributed by atoms with Crippen LogP contribution in [0.25, 0.3) is 0 Å². The minimum atomic E-state index is 0.0934. The number of ether oxygens (including phenoxy) is 1. The van der Waals surface area contributed by atoms with E-state index in [1.54, 1.807) is 7.11 Å². The molecule has 0 spiro atoms. The van der Waals surface area contributed by atoms with Crippen molar-refractivity contribution in [3.05, 3.63) is 18.1 Å². The van der Waals surface area contributed by atoms with E-state index in [0.717, 1.165) is 37.8 Å². The van der Waals surface area contributed by atoms with E-state index in [-0.39, 0.29) is 5.54 Å². The van der Waals surface area contributed by atoms with Crippen molar-refractivity contribution in [3.63, 3.8) is 0 Å². The van der Waals surface area contributed by atoms with Crippen molar-refractivity contribution < 1.29 is 4.74 Å². The number of hydrogen-bond acceptors (Lipinski definition) is 5. The Hall–Kier alpha value is -1.20. The molecule has 1 N–H and O–H groups in total. The fourth-order valence-corrected chi connectivity index (χ4v) is 2.55. The van der Waals surface area contributed by atoms with E-state index in [1.165, 1.54) is 12.8 Å². The molecule has 5 heteroatoms. The average molecular weight is 292 g/mol. The lowest BCUT2D eigenvalue weighted by Gasteiger charge is -2.32. The lowest BCUT2D eigenvalue weighted by Crippen LogP contribution is -2.37. The minimum Gasteiger partial charge on any atom is -0.384 e. The van der Waals surface area contributed by atoms with Gasteiger partial charge in [0.05, 0.1) is 11.9 Å². The molecule has 1 aromatic heterocycles. The first-order valence-electron chi connectivity index (χ1n) is 7.78. The van der Waals surface area contributed by atoms with Gasteiger partial charge in [-0.1, -0.05) is 0 Å². The maximum absolute atomic E-state index is 5.25. The molecule has 1 aromatic rings. The fourth-order valence-electron chi connectivity index (χ4n) is 2.55. The smallest absolute Gasteiger partial charge is 0.147 e. The average Bonchev–Trinajstić information content (AvgIpc) is 2.46. The van der Waals surface area contributed by atoms with Crippen LogP contribution in [0, 0.1) is 5.92 Å². The first-order valence-corrected chi connectivity index (χ1v) is 7.78. The van der Waals surface area contributed by atoms with Crippen molar-refractivity contribution >= 4 is 5.82 Å². The van der Waals surface area contributed by atoms with Gasteiger partial charge in [-0.2, -0.15) is 0 Å². The zero-order valence-electron chi connectivity index (χ0n) is 13.7. The van der Waals surface area contributed by atoms with E-state index in [4.69, 9.17) is 9.72 Å². The number of rotatable bonds is 5. The molecule has 2 heterocycles. The molecule has 0 radical (unpaired) electrons. The predicted octanol–water partition coefficient (Wildman–Crippen LogP) is 2.23. The molecule has 5 nitrogen and oxygen atoms in total. The maximum Gasteiger partial charge on any atom is 0.147 e. The summed E-state index contributed by atoms with van der Waals surface area (Å²) in [6, 6.07) is 0. The van der Waals surface area contributed by atoms with Crippen LogP contribution in [0.3, 0.4) is 0 Å². The number of anilines is 1. The quantitative estimate of drug-likeness (QED) is 0.902. The van der Waals surface area contributed by atoms with Gasteiger partial charge in [-0.15, -0.1) is 0 Å². The van der Waals surface area contributed by atoms with Crippen LogP contribution in [-0.2, 0) is 11.3 Å². The van der Waals surface area contributed by atoms with Crippen molar-refractivity contribution in [2.75, 3.05) is 31.7 Å². The van der Waals surface area contributed by atoms with Crippen LogP contribution in [0.4, 0.5) is 5.82 Å². The Balaban J connectivity index is 1.92. The summed E-state index contributed by atoms with van der Waals surface area (Å²) in [6.07, 6.45) is 6.05. The summed E-state index contributed by atoms with van der Waals surface area (Å²) in [5.74, 6) is 1.68. The van der Waals surface area contributed by atoms with Gasteiger partial charge in [0.1, 0.15) is 5.82 Å². The first-order chi connectivity index (χ1) is 9.98. The monoisotopic (exact) mass is 292 g/mol. The van der Waals surface area contributed by atoms with E-state index in [9.17, 15) is 0 Å². The number of nitrogens with one attached hydrogen (secondary N) is 1. The summed E-state index contributed by atoms with van der Waals surface area (Å²) in [6.45, 7) is 10.2. The molecule has 0 saturated carbocycles. The molecular formula is C16H28N4O. The molecule has 0 unspecified atom stereocenters. The SMILES string of the molecule is COCC1CCN(c2cncc(CNC(C)(C)C)n2)CC1. The van der Waals surface area contributed by atoms with E-state index in [0.29, 0.717) is 5.92 Å². The van der Waals surface area contributed by atoms with E-state index in [2.05, 4.69) is 36.0 Å². The van der Waals surface area contributed by atoms with E-state index in [1.807, 2.05) is 12.4 Å². The minimum absolute atomic E-state index is 0.0934. The fraction of sp³-hybridized carbons (Fsp3) is 0.750. The summed E-state index contributed by atoms with van der Waals surface area (Å²) < 4.78 is 5.25. The zero-order valence-corrected chi connectivity index (χ0v) is 13.7. The molecule has 0 atom stereocenters. The van der Waals surface area contributed by atoms with Gasteiger partial charge in [0.25, 0.3) is 0 Å². The third kappa shape index (κ3) is 5.25.